The minimum Gasteiger partial charge on any atom is -0.356 e. The van der Waals surface area contributed by atoms with Gasteiger partial charge in [0.05, 0.1) is 12.5 Å². The molecule has 0 aliphatic rings. The van der Waals surface area contributed by atoms with Crippen LogP contribution in [-0.2, 0) is 11.2 Å². The summed E-state index contributed by atoms with van der Waals surface area (Å²) in [7, 11) is 0. The summed E-state index contributed by atoms with van der Waals surface area (Å²) in [5.74, 6) is -1.66. The van der Waals surface area contributed by atoms with E-state index in [9.17, 15) is 13.6 Å². The molecule has 1 heterocycles. The van der Waals surface area contributed by atoms with E-state index in [1.54, 1.807) is 13.0 Å². The number of hydrogen-bond donors (Lipinski definition) is 1. The number of aromatic nitrogens is 1. The number of amides is 1. The van der Waals surface area contributed by atoms with Crippen LogP contribution in [-0.4, -0.2) is 11.1 Å². The minimum atomic E-state index is -0.690. The van der Waals surface area contributed by atoms with Crippen molar-refractivity contribution in [3.8, 4) is 0 Å². The zero-order valence-electron chi connectivity index (χ0n) is 12.3. The molecule has 0 bridgehead atoms. The third kappa shape index (κ3) is 3.21. The van der Waals surface area contributed by atoms with Crippen LogP contribution in [0, 0.1) is 11.6 Å². The Morgan fingerprint density at radius 1 is 1.26 bits per heavy atom. The van der Waals surface area contributed by atoms with Gasteiger partial charge in [0, 0.05) is 17.0 Å². The number of para-hydroxylation sites is 1. The minimum absolute atomic E-state index is 0.0180. The average molecular weight is 316 g/mol. The standard InChI is InChI=1S/C17H14F2N2O2/c1-10(12-7-6-11(18)8-14(12)19)20-17(22)9-15-13-4-2-3-5-16(13)23-21-15/h2-8,10H,9H2,1H3,(H,20,22)/t10-/m0/s1. The first-order valence-electron chi connectivity index (χ1n) is 7.12. The second-order valence-electron chi connectivity index (χ2n) is 5.26. The number of hydrogen-bond acceptors (Lipinski definition) is 3. The van der Waals surface area contributed by atoms with Crippen molar-refractivity contribution >= 4 is 16.9 Å². The van der Waals surface area contributed by atoms with Crippen molar-refractivity contribution in [3.05, 3.63) is 65.4 Å². The van der Waals surface area contributed by atoms with Gasteiger partial charge in [-0.3, -0.25) is 4.79 Å². The van der Waals surface area contributed by atoms with Gasteiger partial charge in [0.2, 0.25) is 5.91 Å². The maximum absolute atomic E-state index is 13.7. The van der Waals surface area contributed by atoms with E-state index >= 15 is 0 Å². The Hall–Kier alpha value is -2.76. The fourth-order valence-electron chi connectivity index (χ4n) is 2.44. The van der Waals surface area contributed by atoms with Gasteiger partial charge in [-0.05, 0) is 25.1 Å². The van der Waals surface area contributed by atoms with Crippen LogP contribution in [0.25, 0.3) is 11.0 Å². The Morgan fingerprint density at radius 2 is 2.04 bits per heavy atom. The molecule has 0 radical (unpaired) electrons. The Bertz CT molecular complexity index is 861. The molecule has 0 spiro atoms. The van der Waals surface area contributed by atoms with E-state index in [4.69, 9.17) is 4.52 Å². The van der Waals surface area contributed by atoms with Crippen LogP contribution in [0.2, 0.25) is 0 Å². The van der Waals surface area contributed by atoms with Crippen LogP contribution in [0.4, 0.5) is 8.78 Å². The molecule has 0 saturated heterocycles. The van der Waals surface area contributed by atoms with Gasteiger partial charge in [0.25, 0.3) is 0 Å². The summed E-state index contributed by atoms with van der Waals surface area (Å²) in [6, 6.07) is 9.92. The first-order valence-corrected chi connectivity index (χ1v) is 7.12. The molecule has 3 aromatic rings. The number of nitrogens with zero attached hydrogens (tertiary/aromatic N) is 1. The lowest BCUT2D eigenvalue weighted by molar-refractivity contribution is -0.121. The molecule has 3 rings (SSSR count). The zero-order chi connectivity index (χ0) is 16.4. The van der Waals surface area contributed by atoms with Crippen LogP contribution in [0.3, 0.4) is 0 Å². The molecule has 1 amide bonds. The molecule has 6 heteroatoms. The maximum atomic E-state index is 13.7. The highest BCUT2D eigenvalue weighted by atomic mass is 19.1. The molecular formula is C17H14F2N2O2. The van der Waals surface area contributed by atoms with Crippen molar-refractivity contribution in [2.24, 2.45) is 0 Å². The highest BCUT2D eigenvalue weighted by Gasteiger charge is 2.17. The molecule has 1 atom stereocenters. The van der Waals surface area contributed by atoms with Crippen molar-refractivity contribution < 1.29 is 18.1 Å². The van der Waals surface area contributed by atoms with E-state index in [1.807, 2.05) is 18.2 Å². The molecule has 23 heavy (non-hydrogen) atoms. The van der Waals surface area contributed by atoms with E-state index in [1.165, 1.54) is 6.07 Å². The molecule has 2 aromatic carbocycles. The van der Waals surface area contributed by atoms with Crippen molar-refractivity contribution in [2.75, 3.05) is 0 Å². The lowest BCUT2D eigenvalue weighted by Gasteiger charge is -2.14. The lowest BCUT2D eigenvalue weighted by atomic mass is 10.1. The highest BCUT2D eigenvalue weighted by Crippen LogP contribution is 2.20. The average Bonchev–Trinajstić information content (AvgIpc) is 2.90. The number of halogens is 2. The second-order valence-corrected chi connectivity index (χ2v) is 5.26. The highest BCUT2D eigenvalue weighted by molar-refractivity contribution is 5.86. The molecule has 4 nitrogen and oxygen atoms in total. The summed E-state index contributed by atoms with van der Waals surface area (Å²) >= 11 is 0. The van der Waals surface area contributed by atoms with Gasteiger partial charge in [-0.25, -0.2) is 8.78 Å². The normalized spacial score (nSPS) is 12.3. The molecular weight excluding hydrogens is 302 g/mol. The van der Waals surface area contributed by atoms with E-state index in [0.29, 0.717) is 11.3 Å². The van der Waals surface area contributed by atoms with Gasteiger partial charge in [-0.2, -0.15) is 0 Å². The summed E-state index contributed by atoms with van der Waals surface area (Å²) in [6.45, 7) is 1.63. The van der Waals surface area contributed by atoms with Crippen molar-refractivity contribution in [1.82, 2.24) is 10.5 Å². The SMILES string of the molecule is C[C@H](NC(=O)Cc1noc2ccccc12)c1ccc(F)cc1F. The largest absolute Gasteiger partial charge is 0.356 e. The van der Waals surface area contributed by atoms with Gasteiger partial charge < -0.3 is 9.84 Å². The number of carbonyl (C=O) groups is 1. The Kier molecular flexibility index (Phi) is 4.06. The summed E-state index contributed by atoms with van der Waals surface area (Å²) < 4.78 is 31.8. The van der Waals surface area contributed by atoms with Gasteiger partial charge in [-0.1, -0.05) is 23.4 Å². The third-order valence-corrected chi connectivity index (χ3v) is 3.59. The topological polar surface area (TPSA) is 55.1 Å². The molecule has 1 aromatic heterocycles. The molecule has 0 saturated carbocycles. The quantitative estimate of drug-likeness (QED) is 0.801. The molecule has 0 unspecified atom stereocenters. The maximum Gasteiger partial charge on any atom is 0.226 e. The Morgan fingerprint density at radius 3 is 2.83 bits per heavy atom. The first kappa shape index (κ1) is 15.1. The van der Waals surface area contributed by atoms with Gasteiger partial charge in [0.15, 0.2) is 5.58 Å². The van der Waals surface area contributed by atoms with Gasteiger partial charge in [0.1, 0.15) is 17.3 Å². The van der Waals surface area contributed by atoms with Gasteiger partial charge in [-0.15, -0.1) is 0 Å². The van der Waals surface area contributed by atoms with Crippen LogP contribution in [0.5, 0.6) is 0 Å². The van der Waals surface area contributed by atoms with E-state index in [2.05, 4.69) is 10.5 Å². The second kappa shape index (κ2) is 6.16. The molecule has 0 aliphatic heterocycles. The summed E-state index contributed by atoms with van der Waals surface area (Å²) in [5.41, 5.74) is 1.35. The number of fused-ring (bicyclic) bond motifs is 1. The molecule has 0 aliphatic carbocycles. The fourth-order valence-corrected chi connectivity index (χ4v) is 2.44. The summed E-state index contributed by atoms with van der Waals surface area (Å²) in [5, 5.41) is 7.33. The van der Waals surface area contributed by atoms with E-state index in [-0.39, 0.29) is 17.9 Å². The molecule has 118 valence electrons. The molecule has 1 N–H and O–H groups in total. The van der Waals surface area contributed by atoms with E-state index < -0.39 is 17.7 Å². The van der Waals surface area contributed by atoms with Crippen molar-refractivity contribution in [3.63, 3.8) is 0 Å². The summed E-state index contributed by atoms with van der Waals surface area (Å²) in [6.07, 6.45) is 0.0180. The van der Waals surface area contributed by atoms with Crippen molar-refractivity contribution in [2.45, 2.75) is 19.4 Å². The van der Waals surface area contributed by atoms with Crippen LogP contribution < -0.4 is 5.32 Å². The number of benzene rings is 2. The van der Waals surface area contributed by atoms with Crippen LogP contribution in [0.1, 0.15) is 24.2 Å². The predicted molar refractivity (Wildman–Crippen MR) is 80.6 cm³/mol. The zero-order valence-corrected chi connectivity index (χ0v) is 12.3. The lowest BCUT2D eigenvalue weighted by Crippen LogP contribution is -2.28. The van der Waals surface area contributed by atoms with Gasteiger partial charge >= 0.3 is 0 Å². The molecule has 0 fully saturated rings. The smallest absolute Gasteiger partial charge is 0.226 e. The third-order valence-electron chi connectivity index (χ3n) is 3.59. The monoisotopic (exact) mass is 316 g/mol. The Balaban J connectivity index is 1.71. The number of carbonyl (C=O) groups excluding carboxylic acids is 1. The number of nitrogens with one attached hydrogen (secondary N) is 1. The number of rotatable bonds is 4. The van der Waals surface area contributed by atoms with E-state index in [0.717, 1.165) is 17.5 Å². The fraction of sp³-hybridized carbons (Fsp3) is 0.176. The first-order chi connectivity index (χ1) is 11.0. The van der Waals surface area contributed by atoms with Crippen molar-refractivity contribution in [1.29, 1.82) is 0 Å². The predicted octanol–water partition coefficient (Wildman–Crippen LogP) is 3.53. The Labute approximate surface area is 131 Å². The summed E-state index contributed by atoms with van der Waals surface area (Å²) in [4.78, 5) is 12.1. The van der Waals surface area contributed by atoms with Crippen LogP contribution >= 0.6 is 0 Å². The van der Waals surface area contributed by atoms with Crippen LogP contribution in [0.15, 0.2) is 47.0 Å².